The number of hydrogen-bond donors (Lipinski definition) is 2. The van der Waals surface area contributed by atoms with E-state index in [-0.39, 0.29) is 18.5 Å². The summed E-state index contributed by atoms with van der Waals surface area (Å²) in [6, 6.07) is 13.0. The van der Waals surface area contributed by atoms with Crippen molar-refractivity contribution >= 4 is 31.8 Å². The Morgan fingerprint density at radius 3 is 2.74 bits per heavy atom. The summed E-state index contributed by atoms with van der Waals surface area (Å²) >= 11 is 0. The van der Waals surface area contributed by atoms with Crippen molar-refractivity contribution in [1.29, 1.82) is 0 Å². The molecule has 0 spiro atoms. The Morgan fingerprint density at radius 1 is 1.19 bits per heavy atom. The number of sulfone groups is 1. The van der Waals surface area contributed by atoms with Gasteiger partial charge in [0.25, 0.3) is 0 Å². The average Bonchev–Trinajstić information content (AvgIpc) is 3.13. The van der Waals surface area contributed by atoms with Gasteiger partial charge in [0.1, 0.15) is 11.4 Å². The second-order valence-electron chi connectivity index (χ2n) is 7.77. The van der Waals surface area contributed by atoms with Crippen LogP contribution in [0.2, 0.25) is 0 Å². The Labute approximate surface area is 181 Å². The third kappa shape index (κ3) is 4.03. The molecule has 31 heavy (non-hydrogen) atoms. The SMILES string of the molecule is CCS(=O)(=O)c1cccc(-c2ccc(O[C@@H](C)CCO)c3[nH]c4ncc(C)cc4c23)c1. The number of aliphatic hydroxyl groups is 1. The van der Waals surface area contributed by atoms with Gasteiger partial charge in [-0.05, 0) is 60.9 Å². The molecule has 0 fully saturated rings. The summed E-state index contributed by atoms with van der Waals surface area (Å²) in [6.07, 6.45) is 2.18. The molecule has 0 unspecified atom stereocenters. The number of pyridine rings is 1. The van der Waals surface area contributed by atoms with Gasteiger partial charge in [0.2, 0.25) is 0 Å². The fourth-order valence-corrected chi connectivity index (χ4v) is 4.71. The Morgan fingerprint density at radius 2 is 2.00 bits per heavy atom. The molecule has 6 nitrogen and oxygen atoms in total. The molecule has 162 valence electrons. The molecule has 2 aromatic carbocycles. The Balaban J connectivity index is 1.98. The van der Waals surface area contributed by atoms with E-state index in [4.69, 9.17) is 4.74 Å². The highest BCUT2D eigenvalue weighted by molar-refractivity contribution is 7.91. The zero-order valence-electron chi connectivity index (χ0n) is 17.8. The number of H-pyrrole nitrogens is 1. The van der Waals surface area contributed by atoms with E-state index < -0.39 is 9.84 Å². The summed E-state index contributed by atoms with van der Waals surface area (Å²) in [5.74, 6) is 0.727. The molecule has 0 aliphatic rings. The van der Waals surface area contributed by atoms with Crippen LogP contribution >= 0.6 is 0 Å². The van der Waals surface area contributed by atoms with Crippen molar-refractivity contribution < 1.29 is 18.3 Å². The summed E-state index contributed by atoms with van der Waals surface area (Å²) in [5, 5.41) is 11.1. The monoisotopic (exact) mass is 438 g/mol. The van der Waals surface area contributed by atoms with Crippen LogP contribution in [0.15, 0.2) is 53.6 Å². The van der Waals surface area contributed by atoms with Crippen molar-refractivity contribution in [2.75, 3.05) is 12.4 Å². The van der Waals surface area contributed by atoms with Gasteiger partial charge in [-0.2, -0.15) is 0 Å². The van der Waals surface area contributed by atoms with Crippen LogP contribution in [0, 0.1) is 6.92 Å². The lowest BCUT2D eigenvalue weighted by atomic mass is 9.99. The van der Waals surface area contributed by atoms with E-state index in [0.29, 0.717) is 17.1 Å². The minimum Gasteiger partial charge on any atom is -0.488 e. The molecular weight excluding hydrogens is 412 g/mol. The van der Waals surface area contributed by atoms with Gasteiger partial charge in [-0.3, -0.25) is 0 Å². The second-order valence-corrected chi connectivity index (χ2v) is 10.0. The van der Waals surface area contributed by atoms with Crippen LogP contribution in [0.4, 0.5) is 0 Å². The van der Waals surface area contributed by atoms with Crippen LogP contribution in [0.25, 0.3) is 33.1 Å². The highest BCUT2D eigenvalue weighted by atomic mass is 32.2. The van der Waals surface area contributed by atoms with Crippen molar-refractivity contribution in [2.24, 2.45) is 0 Å². The molecule has 0 bridgehead atoms. The highest BCUT2D eigenvalue weighted by Gasteiger charge is 2.19. The number of nitrogens with zero attached hydrogens (tertiary/aromatic N) is 1. The van der Waals surface area contributed by atoms with Gasteiger partial charge in [-0.15, -0.1) is 0 Å². The number of aryl methyl sites for hydroxylation is 1. The first-order valence-electron chi connectivity index (χ1n) is 10.4. The highest BCUT2D eigenvalue weighted by Crippen LogP contribution is 2.39. The summed E-state index contributed by atoms with van der Waals surface area (Å²) in [4.78, 5) is 8.21. The third-order valence-corrected chi connectivity index (χ3v) is 7.18. The zero-order valence-corrected chi connectivity index (χ0v) is 18.7. The molecule has 0 radical (unpaired) electrons. The molecule has 2 heterocycles. The van der Waals surface area contributed by atoms with Crippen molar-refractivity contribution in [3.63, 3.8) is 0 Å². The molecule has 1 atom stereocenters. The molecule has 4 rings (SSSR count). The molecule has 0 aliphatic carbocycles. The number of nitrogens with one attached hydrogen (secondary N) is 1. The van der Waals surface area contributed by atoms with Crippen LogP contribution in [-0.2, 0) is 9.84 Å². The van der Waals surface area contributed by atoms with Crippen LogP contribution < -0.4 is 4.74 Å². The van der Waals surface area contributed by atoms with Crippen molar-refractivity contribution in [2.45, 2.75) is 38.2 Å². The Kier molecular flexibility index (Phi) is 5.73. The van der Waals surface area contributed by atoms with E-state index in [1.807, 2.05) is 32.0 Å². The number of fused-ring (bicyclic) bond motifs is 3. The molecule has 0 aliphatic heterocycles. The lowest BCUT2D eigenvalue weighted by Gasteiger charge is -2.16. The van der Waals surface area contributed by atoms with Crippen molar-refractivity contribution in [3.8, 4) is 16.9 Å². The van der Waals surface area contributed by atoms with E-state index in [0.717, 1.165) is 38.6 Å². The number of aromatic amines is 1. The first-order valence-corrected chi connectivity index (χ1v) is 12.0. The maximum atomic E-state index is 12.4. The predicted molar refractivity (Wildman–Crippen MR) is 123 cm³/mol. The second kappa shape index (κ2) is 8.32. The van der Waals surface area contributed by atoms with Gasteiger partial charge in [-0.1, -0.05) is 19.1 Å². The van der Waals surface area contributed by atoms with Crippen LogP contribution in [0.1, 0.15) is 25.8 Å². The van der Waals surface area contributed by atoms with Crippen molar-refractivity contribution in [3.05, 3.63) is 54.2 Å². The minimum atomic E-state index is -3.32. The molecule has 4 aromatic rings. The van der Waals surface area contributed by atoms with Gasteiger partial charge >= 0.3 is 0 Å². The van der Waals surface area contributed by atoms with Gasteiger partial charge < -0.3 is 14.8 Å². The van der Waals surface area contributed by atoms with E-state index in [2.05, 4.69) is 16.0 Å². The van der Waals surface area contributed by atoms with Crippen molar-refractivity contribution in [1.82, 2.24) is 9.97 Å². The first kappa shape index (κ1) is 21.3. The largest absolute Gasteiger partial charge is 0.488 e. The topological polar surface area (TPSA) is 92.3 Å². The Bertz CT molecular complexity index is 1360. The lowest BCUT2D eigenvalue weighted by Crippen LogP contribution is -2.13. The predicted octanol–water partition coefficient (Wildman–Crippen LogP) is 4.63. The fraction of sp³-hybridized carbons (Fsp3) is 0.292. The molecule has 0 amide bonds. The summed E-state index contributed by atoms with van der Waals surface area (Å²) in [6.45, 7) is 5.60. The molecule has 7 heteroatoms. The molecular formula is C24H26N2O4S. The average molecular weight is 439 g/mol. The molecule has 2 N–H and O–H groups in total. The van der Waals surface area contributed by atoms with Gasteiger partial charge in [-0.25, -0.2) is 13.4 Å². The zero-order chi connectivity index (χ0) is 22.2. The number of ether oxygens (including phenoxy) is 1. The molecule has 0 saturated carbocycles. The number of rotatable bonds is 7. The quantitative estimate of drug-likeness (QED) is 0.439. The maximum absolute atomic E-state index is 12.4. The van der Waals surface area contributed by atoms with Gasteiger partial charge in [0.05, 0.1) is 22.3 Å². The standard InChI is InChI=1S/C24H26N2O4S/c1-4-31(28,29)18-7-5-6-17(13-18)19-8-9-21(30-16(3)10-11-27)23-22(19)20-12-15(2)14-25-24(20)26-23/h5-9,12-14,16,27H,4,10-11H2,1-3H3,(H,25,26)/t16-/m0/s1. The maximum Gasteiger partial charge on any atom is 0.178 e. The number of benzene rings is 2. The lowest BCUT2D eigenvalue weighted by molar-refractivity contribution is 0.170. The smallest absolute Gasteiger partial charge is 0.178 e. The molecule has 0 saturated heterocycles. The minimum absolute atomic E-state index is 0.0501. The van der Waals surface area contributed by atoms with Crippen LogP contribution in [-0.4, -0.2) is 42.0 Å². The van der Waals surface area contributed by atoms with Crippen LogP contribution in [0.3, 0.4) is 0 Å². The van der Waals surface area contributed by atoms with E-state index in [9.17, 15) is 13.5 Å². The third-order valence-electron chi connectivity index (χ3n) is 5.45. The van der Waals surface area contributed by atoms with E-state index in [1.165, 1.54) is 0 Å². The first-order chi connectivity index (χ1) is 14.8. The number of hydrogen-bond acceptors (Lipinski definition) is 5. The summed E-state index contributed by atoms with van der Waals surface area (Å²) in [7, 11) is -3.32. The normalized spacial score (nSPS) is 13.0. The van der Waals surface area contributed by atoms with Gasteiger partial charge in [0, 0.05) is 30.0 Å². The van der Waals surface area contributed by atoms with Crippen LogP contribution in [0.5, 0.6) is 5.75 Å². The fourth-order valence-electron chi connectivity index (χ4n) is 3.79. The van der Waals surface area contributed by atoms with Gasteiger partial charge in [0.15, 0.2) is 9.84 Å². The van der Waals surface area contributed by atoms with E-state index in [1.54, 1.807) is 31.3 Å². The number of aliphatic hydroxyl groups excluding tert-OH is 1. The summed E-state index contributed by atoms with van der Waals surface area (Å²) in [5.41, 5.74) is 4.30. The Hall–Kier alpha value is -2.90. The van der Waals surface area contributed by atoms with E-state index >= 15 is 0 Å². The number of aromatic nitrogens is 2. The summed E-state index contributed by atoms with van der Waals surface area (Å²) < 4.78 is 31.0. The molecule has 2 aromatic heterocycles.